The Kier molecular flexibility index (Phi) is 4.92. The third-order valence-corrected chi connectivity index (χ3v) is 4.16. The monoisotopic (exact) mass is 349 g/mol. The Morgan fingerprint density at radius 3 is 2.36 bits per heavy atom. The maximum absolute atomic E-state index is 12.6. The van der Waals surface area contributed by atoms with Gasteiger partial charge in [0.2, 0.25) is 0 Å². The van der Waals surface area contributed by atoms with Crippen molar-refractivity contribution in [3.8, 4) is 0 Å². The van der Waals surface area contributed by atoms with E-state index >= 15 is 0 Å². The molecule has 4 nitrogen and oxygen atoms in total. The summed E-state index contributed by atoms with van der Waals surface area (Å²) in [4.78, 5) is 19.0. The highest BCUT2D eigenvalue weighted by Gasteiger charge is 2.30. The van der Waals surface area contributed by atoms with Gasteiger partial charge in [-0.15, -0.1) is 0 Å². The van der Waals surface area contributed by atoms with E-state index in [1.807, 2.05) is 0 Å². The van der Waals surface area contributed by atoms with E-state index in [4.69, 9.17) is 0 Å². The minimum absolute atomic E-state index is 0.312. The Balaban J connectivity index is 1.77. The molecule has 0 bridgehead atoms. The molecule has 1 N–H and O–H groups in total. The molecule has 1 aliphatic heterocycles. The number of hydrogen-bond acceptors (Lipinski definition) is 3. The molecule has 2 aromatic rings. The number of nitrogens with zero attached hydrogens (tertiary/aromatic N) is 2. The van der Waals surface area contributed by atoms with Crippen molar-refractivity contribution in [1.82, 2.24) is 4.98 Å². The van der Waals surface area contributed by atoms with Crippen molar-refractivity contribution in [2.75, 3.05) is 23.3 Å². The maximum atomic E-state index is 12.6. The summed E-state index contributed by atoms with van der Waals surface area (Å²) in [6.07, 6.45) is 0.510. The largest absolute Gasteiger partial charge is 0.416 e. The first-order valence-corrected chi connectivity index (χ1v) is 8.14. The Labute approximate surface area is 143 Å². The number of benzene rings is 1. The molecule has 1 aliphatic rings. The second-order valence-electron chi connectivity index (χ2n) is 5.95. The molecule has 7 heteroatoms. The number of alkyl halides is 3. The average Bonchev–Trinajstić information content (AvgIpc) is 2.62. The highest BCUT2D eigenvalue weighted by Crippen LogP contribution is 2.30. The topological polar surface area (TPSA) is 45.2 Å². The number of carbonyl (C=O) groups excluding carboxylic acids is 1. The lowest BCUT2D eigenvalue weighted by molar-refractivity contribution is -0.137. The van der Waals surface area contributed by atoms with E-state index in [0.717, 1.165) is 44.5 Å². The van der Waals surface area contributed by atoms with Crippen LogP contribution in [-0.2, 0) is 6.18 Å². The fraction of sp³-hybridized carbons (Fsp3) is 0.333. The predicted octanol–water partition coefficient (Wildman–Crippen LogP) is 4.34. The second kappa shape index (κ2) is 7.13. The molecule has 3 rings (SSSR count). The molecular formula is C18H18F3N3O. The first-order valence-electron chi connectivity index (χ1n) is 8.14. The summed E-state index contributed by atoms with van der Waals surface area (Å²) in [6.45, 7) is 1.69. The van der Waals surface area contributed by atoms with Crippen LogP contribution in [0.15, 0.2) is 42.6 Å². The van der Waals surface area contributed by atoms with E-state index in [1.165, 1.54) is 12.1 Å². The third kappa shape index (κ3) is 4.10. The van der Waals surface area contributed by atoms with Crippen LogP contribution in [0, 0.1) is 0 Å². The van der Waals surface area contributed by atoms with Gasteiger partial charge in [-0.25, -0.2) is 4.98 Å². The van der Waals surface area contributed by atoms with Crippen LogP contribution < -0.4 is 10.2 Å². The van der Waals surface area contributed by atoms with E-state index in [9.17, 15) is 18.0 Å². The summed E-state index contributed by atoms with van der Waals surface area (Å²) >= 11 is 0. The summed E-state index contributed by atoms with van der Waals surface area (Å²) in [6, 6.07) is 7.75. The lowest BCUT2D eigenvalue weighted by Crippen LogP contribution is -2.32. The van der Waals surface area contributed by atoms with Crippen LogP contribution in [0.5, 0.6) is 0 Å². The normalized spacial score (nSPS) is 15.1. The Morgan fingerprint density at radius 2 is 1.72 bits per heavy atom. The second-order valence-corrected chi connectivity index (χ2v) is 5.95. The van der Waals surface area contributed by atoms with Crippen LogP contribution in [0.3, 0.4) is 0 Å². The van der Waals surface area contributed by atoms with E-state index in [2.05, 4.69) is 15.2 Å². The summed E-state index contributed by atoms with van der Waals surface area (Å²) < 4.78 is 37.8. The molecule has 1 saturated heterocycles. The molecule has 1 fully saturated rings. The number of rotatable bonds is 3. The molecule has 2 heterocycles. The van der Waals surface area contributed by atoms with E-state index in [1.54, 1.807) is 18.3 Å². The maximum Gasteiger partial charge on any atom is 0.416 e. The van der Waals surface area contributed by atoms with Gasteiger partial charge in [-0.1, -0.05) is 0 Å². The van der Waals surface area contributed by atoms with E-state index < -0.39 is 11.7 Å². The third-order valence-electron chi connectivity index (χ3n) is 4.16. The number of nitrogens with one attached hydrogen (secondary N) is 1. The van der Waals surface area contributed by atoms with Crippen molar-refractivity contribution in [2.45, 2.75) is 25.4 Å². The van der Waals surface area contributed by atoms with Gasteiger partial charge in [0.15, 0.2) is 0 Å². The molecule has 0 atom stereocenters. The molecule has 132 valence electrons. The molecule has 0 saturated carbocycles. The number of aromatic nitrogens is 1. The van der Waals surface area contributed by atoms with Gasteiger partial charge in [-0.3, -0.25) is 4.79 Å². The van der Waals surface area contributed by atoms with Gasteiger partial charge >= 0.3 is 6.18 Å². The van der Waals surface area contributed by atoms with Gasteiger partial charge in [0.25, 0.3) is 5.91 Å². The number of hydrogen-bond donors (Lipinski definition) is 1. The Morgan fingerprint density at radius 1 is 1.04 bits per heavy atom. The van der Waals surface area contributed by atoms with Crippen molar-refractivity contribution in [3.05, 3.63) is 53.7 Å². The van der Waals surface area contributed by atoms with Gasteiger partial charge in [-0.05, 0) is 55.7 Å². The molecule has 1 aromatic carbocycles. The van der Waals surface area contributed by atoms with Crippen molar-refractivity contribution in [3.63, 3.8) is 0 Å². The quantitative estimate of drug-likeness (QED) is 0.896. The van der Waals surface area contributed by atoms with E-state index in [-0.39, 0.29) is 5.91 Å². The average molecular weight is 349 g/mol. The minimum atomic E-state index is -4.40. The minimum Gasteiger partial charge on any atom is -0.356 e. The van der Waals surface area contributed by atoms with E-state index in [0.29, 0.717) is 17.1 Å². The van der Waals surface area contributed by atoms with Crippen molar-refractivity contribution < 1.29 is 18.0 Å². The summed E-state index contributed by atoms with van der Waals surface area (Å²) in [5, 5.41) is 2.64. The smallest absolute Gasteiger partial charge is 0.356 e. The number of piperidine rings is 1. The van der Waals surface area contributed by atoms with Crippen LogP contribution >= 0.6 is 0 Å². The van der Waals surface area contributed by atoms with Gasteiger partial charge in [0.05, 0.1) is 11.1 Å². The lowest BCUT2D eigenvalue weighted by atomic mass is 10.1. The lowest BCUT2D eigenvalue weighted by Gasteiger charge is -2.29. The Hall–Kier alpha value is -2.57. The SMILES string of the molecule is O=C(Nc1ccc(C(F)(F)F)cc1)c1cccnc1N1CCCCC1. The Bertz CT molecular complexity index is 738. The van der Waals surface area contributed by atoms with Crippen LogP contribution in [0.25, 0.3) is 0 Å². The zero-order valence-corrected chi connectivity index (χ0v) is 13.5. The molecular weight excluding hydrogens is 331 g/mol. The zero-order chi connectivity index (χ0) is 17.9. The zero-order valence-electron chi connectivity index (χ0n) is 13.5. The van der Waals surface area contributed by atoms with Crippen molar-refractivity contribution >= 4 is 17.4 Å². The fourth-order valence-electron chi connectivity index (χ4n) is 2.87. The molecule has 1 aromatic heterocycles. The highest BCUT2D eigenvalue weighted by atomic mass is 19.4. The van der Waals surface area contributed by atoms with Gasteiger partial charge in [0, 0.05) is 25.0 Å². The van der Waals surface area contributed by atoms with Gasteiger partial charge in [-0.2, -0.15) is 13.2 Å². The van der Waals surface area contributed by atoms with Crippen LogP contribution in [-0.4, -0.2) is 24.0 Å². The standard InChI is InChI=1S/C18H18F3N3O/c19-18(20,21)13-6-8-14(9-7-13)23-17(25)15-5-4-10-22-16(15)24-11-2-1-3-12-24/h4-10H,1-3,11-12H2,(H,23,25). The predicted molar refractivity (Wildman–Crippen MR) is 89.7 cm³/mol. The number of anilines is 2. The van der Waals surface area contributed by atoms with Crippen LogP contribution in [0.1, 0.15) is 35.2 Å². The molecule has 0 aliphatic carbocycles. The molecule has 0 radical (unpaired) electrons. The number of pyridine rings is 1. The molecule has 0 unspecified atom stereocenters. The summed E-state index contributed by atoms with van der Waals surface area (Å²) in [5.41, 5.74) is -0.0170. The van der Waals surface area contributed by atoms with Gasteiger partial charge < -0.3 is 10.2 Å². The summed E-state index contributed by atoms with van der Waals surface area (Å²) in [7, 11) is 0. The number of amides is 1. The highest BCUT2D eigenvalue weighted by molar-refractivity contribution is 6.07. The first-order chi connectivity index (χ1) is 11.9. The fourth-order valence-corrected chi connectivity index (χ4v) is 2.87. The van der Waals surface area contributed by atoms with Crippen molar-refractivity contribution in [2.24, 2.45) is 0 Å². The van der Waals surface area contributed by atoms with Gasteiger partial charge in [0.1, 0.15) is 5.82 Å². The van der Waals surface area contributed by atoms with Crippen molar-refractivity contribution in [1.29, 1.82) is 0 Å². The first kappa shape index (κ1) is 17.3. The molecule has 25 heavy (non-hydrogen) atoms. The molecule has 0 spiro atoms. The number of halogens is 3. The van der Waals surface area contributed by atoms with Crippen LogP contribution in [0.4, 0.5) is 24.7 Å². The summed E-state index contributed by atoms with van der Waals surface area (Å²) in [5.74, 6) is 0.236. The number of carbonyl (C=O) groups is 1. The van der Waals surface area contributed by atoms with Crippen LogP contribution in [0.2, 0.25) is 0 Å². The molecule has 1 amide bonds.